The molecule has 0 fully saturated rings. The fraction of sp³-hybridized carbons (Fsp3) is 0.188. The Kier molecular flexibility index (Phi) is 3.62. The van der Waals surface area contributed by atoms with Gasteiger partial charge in [-0.25, -0.2) is 8.42 Å². The molecule has 1 aliphatic rings. The lowest BCUT2D eigenvalue weighted by atomic mass is 10.2. The van der Waals surface area contributed by atoms with Gasteiger partial charge >= 0.3 is 0 Å². The lowest BCUT2D eigenvalue weighted by Gasteiger charge is -2.19. The quantitative estimate of drug-likeness (QED) is 0.945. The fourth-order valence-corrected chi connectivity index (χ4v) is 4.10. The third-order valence-electron chi connectivity index (χ3n) is 3.61. The molecule has 0 aromatic heterocycles. The Morgan fingerprint density at radius 1 is 1.09 bits per heavy atom. The van der Waals surface area contributed by atoms with Crippen LogP contribution in [0.2, 0.25) is 0 Å². The number of carbonyl (C=O) groups is 1. The molecule has 22 heavy (non-hydrogen) atoms. The molecule has 0 aliphatic carbocycles. The number of benzene rings is 2. The van der Waals surface area contributed by atoms with E-state index in [1.54, 1.807) is 12.1 Å². The zero-order valence-electron chi connectivity index (χ0n) is 12.1. The Labute approximate surface area is 129 Å². The van der Waals surface area contributed by atoms with E-state index in [-0.39, 0.29) is 10.8 Å². The van der Waals surface area contributed by atoms with Crippen LogP contribution in [-0.2, 0) is 21.2 Å². The number of hydrogen-bond acceptors (Lipinski definition) is 3. The summed E-state index contributed by atoms with van der Waals surface area (Å²) in [6.07, 6.45) is 0.722. The zero-order chi connectivity index (χ0) is 15.7. The van der Waals surface area contributed by atoms with E-state index in [9.17, 15) is 13.2 Å². The SMILES string of the molecule is CC(=O)Nc1ccc(S(=O)(=O)N2CCc3ccccc32)cc1. The second kappa shape index (κ2) is 5.46. The number of carbonyl (C=O) groups excluding carboxylic acids is 1. The molecular weight excluding hydrogens is 300 g/mol. The predicted molar refractivity (Wildman–Crippen MR) is 85.4 cm³/mol. The first kappa shape index (κ1) is 14.6. The summed E-state index contributed by atoms with van der Waals surface area (Å²) in [6, 6.07) is 13.7. The summed E-state index contributed by atoms with van der Waals surface area (Å²) in [5.41, 5.74) is 2.36. The lowest BCUT2D eigenvalue weighted by Crippen LogP contribution is -2.29. The fourth-order valence-electron chi connectivity index (χ4n) is 2.60. The number of fused-ring (bicyclic) bond motifs is 1. The van der Waals surface area contributed by atoms with E-state index in [2.05, 4.69) is 5.32 Å². The Bertz CT molecular complexity index is 814. The van der Waals surface area contributed by atoms with E-state index < -0.39 is 10.0 Å². The Morgan fingerprint density at radius 2 is 1.77 bits per heavy atom. The normalized spacial score (nSPS) is 13.8. The molecule has 1 heterocycles. The molecular formula is C16H16N2O3S. The maximum Gasteiger partial charge on any atom is 0.264 e. The van der Waals surface area contributed by atoms with Gasteiger partial charge in [-0.3, -0.25) is 9.10 Å². The number of rotatable bonds is 3. The van der Waals surface area contributed by atoms with Gasteiger partial charge in [0.15, 0.2) is 0 Å². The van der Waals surface area contributed by atoms with Gasteiger partial charge in [0.1, 0.15) is 0 Å². The van der Waals surface area contributed by atoms with Crippen LogP contribution in [-0.4, -0.2) is 20.9 Å². The Morgan fingerprint density at radius 3 is 2.45 bits per heavy atom. The van der Waals surface area contributed by atoms with Crippen LogP contribution in [0.4, 0.5) is 11.4 Å². The summed E-state index contributed by atoms with van der Waals surface area (Å²) in [4.78, 5) is 11.2. The van der Waals surface area contributed by atoms with Gasteiger partial charge in [0.25, 0.3) is 10.0 Å². The minimum Gasteiger partial charge on any atom is -0.326 e. The second-order valence-electron chi connectivity index (χ2n) is 5.16. The summed E-state index contributed by atoms with van der Waals surface area (Å²) in [7, 11) is -3.58. The number of para-hydroxylation sites is 1. The molecule has 6 heteroatoms. The van der Waals surface area contributed by atoms with E-state index in [1.807, 2.05) is 24.3 Å². The second-order valence-corrected chi connectivity index (χ2v) is 7.02. The van der Waals surface area contributed by atoms with E-state index >= 15 is 0 Å². The molecule has 0 atom stereocenters. The average Bonchev–Trinajstić information content (AvgIpc) is 2.92. The highest BCUT2D eigenvalue weighted by atomic mass is 32.2. The van der Waals surface area contributed by atoms with Crippen molar-refractivity contribution < 1.29 is 13.2 Å². The largest absolute Gasteiger partial charge is 0.326 e. The van der Waals surface area contributed by atoms with E-state index in [4.69, 9.17) is 0 Å². The molecule has 2 aromatic carbocycles. The van der Waals surface area contributed by atoms with Crippen LogP contribution in [0.15, 0.2) is 53.4 Å². The van der Waals surface area contributed by atoms with Crippen LogP contribution in [0.25, 0.3) is 0 Å². The standard InChI is InChI=1S/C16H16N2O3S/c1-12(19)17-14-6-8-15(9-7-14)22(20,21)18-11-10-13-4-2-3-5-16(13)18/h2-9H,10-11H2,1H3,(H,17,19). The van der Waals surface area contributed by atoms with E-state index in [0.717, 1.165) is 17.7 Å². The molecule has 0 unspecified atom stereocenters. The predicted octanol–water partition coefficient (Wildman–Crippen LogP) is 2.40. The molecule has 1 aliphatic heterocycles. The van der Waals surface area contributed by atoms with Crippen molar-refractivity contribution in [1.29, 1.82) is 0 Å². The third-order valence-corrected chi connectivity index (χ3v) is 5.43. The summed E-state index contributed by atoms with van der Waals surface area (Å²) >= 11 is 0. The van der Waals surface area contributed by atoms with Crippen molar-refractivity contribution in [3.05, 3.63) is 54.1 Å². The van der Waals surface area contributed by atoms with Gasteiger partial charge in [-0.2, -0.15) is 0 Å². The van der Waals surface area contributed by atoms with Gasteiger partial charge in [0.05, 0.1) is 10.6 Å². The van der Waals surface area contributed by atoms with Gasteiger partial charge < -0.3 is 5.32 Å². The molecule has 0 radical (unpaired) electrons. The summed E-state index contributed by atoms with van der Waals surface area (Å²) in [5.74, 6) is -0.191. The van der Waals surface area contributed by atoms with Crippen molar-refractivity contribution in [2.45, 2.75) is 18.2 Å². The number of anilines is 2. The van der Waals surface area contributed by atoms with Crippen LogP contribution in [0, 0.1) is 0 Å². The highest BCUT2D eigenvalue weighted by Crippen LogP contribution is 2.32. The molecule has 0 saturated heterocycles. The van der Waals surface area contributed by atoms with Crippen LogP contribution in [0.3, 0.4) is 0 Å². The topological polar surface area (TPSA) is 66.5 Å². The first-order valence-corrected chi connectivity index (χ1v) is 8.41. The minimum absolute atomic E-state index is 0.191. The van der Waals surface area contributed by atoms with Crippen LogP contribution in [0.1, 0.15) is 12.5 Å². The number of nitrogens with one attached hydrogen (secondary N) is 1. The highest BCUT2D eigenvalue weighted by Gasteiger charge is 2.30. The highest BCUT2D eigenvalue weighted by molar-refractivity contribution is 7.92. The monoisotopic (exact) mass is 316 g/mol. The number of hydrogen-bond donors (Lipinski definition) is 1. The number of sulfonamides is 1. The van der Waals surface area contributed by atoms with Crippen LogP contribution in [0.5, 0.6) is 0 Å². The number of amides is 1. The molecule has 1 N–H and O–H groups in total. The molecule has 0 spiro atoms. The summed E-state index contributed by atoms with van der Waals surface area (Å²) < 4.78 is 27.0. The minimum atomic E-state index is -3.58. The van der Waals surface area contributed by atoms with Crippen LogP contribution < -0.4 is 9.62 Å². The van der Waals surface area contributed by atoms with E-state index in [0.29, 0.717) is 12.2 Å². The van der Waals surface area contributed by atoms with Crippen molar-refractivity contribution in [2.24, 2.45) is 0 Å². The smallest absolute Gasteiger partial charge is 0.264 e. The van der Waals surface area contributed by atoms with Crippen molar-refractivity contribution in [2.75, 3.05) is 16.2 Å². The molecule has 2 aromatic rings. The molecule has 114 valence electrons. The maximum atomic E-state index is 12.8. The molecule has 0 bridgehead atoms. The molecule has 1 amide bonds. The zero-order valence-corrected chi connectivity index (χ0v) is 12.9. The van der Waals surface area contributed by atoms with Gasteiger partial charge in [0, 0.05) is 19.2 Å². The average molecular weight is 316 g/mol. The molecule has 0 saturated carbocycles. The van der Waals surface area contributed by atoms with Gasteiger partial charge in [-0.1, -0.05) is 18.2 Å². The van der Waals surface area contributed by atoms with Crippen molar-refractivity contribution in [3.63, 3.8) is 0 Å². The van der Waals surface area contributed by atoms with Crippen LogP contribution >= 0.6 is 0 Å². The third kappa shape index (κ3) is 2.57. The first-order chi connectivity index (χ1) is 10.5. The lowest BCUT2D eigenvalue weighted by molar-refractivity contribution is -0.114. The van der Waals surface area contributed by atoms with E-state index in [1.165, 1.54) is 23.4 Å². The number of nitrogens with zero attached hydrogens (tertiary/aromatic N) is 1. The van der Waals surface area contributed by atoms with Crippen molar-refractivity contribution in [3.8, 4) is 0 Å². The van der Waals surface area contributed by atoms with Crippen molar-refractivity contribution in [1.82, 2.24) is 0 Å². The van der Waals surface area contributed by atoms with Gasteiger partial charge in [0.2, 0.25) is 5.91 Å². The Hall–Kier alpha value is -2.34. The summed E-state index contributed by atoms with van der Waals surface area (Å²) in [6.45, 7) is 1.86. The van der Waals surface area contributed by atoms with Gasteiger partial charge in [-0.15, -0.1) is 0 Å². The maximum absolute atomic E-state index is 12.8. The Balaban J connectivity index is 1.92. The summed E-state index contributed by atoms with van der Waals surface area (Å²) in [5, 5.41) is 2.62. The van der Waals surface area contributed by atoms with Crippen molar-refractivity contribution >= 4 is 27.3 Å². The van der Waals surface area contributed by atoms with Gasteiger partial charge in [-0.05, 0) is 42.3 Å². The molecule has 5 nitrogen and oxygen atoms in total. The molecule has 3 rings (SSSR count). The first-order valence-electron chi connectivity index (χ1n) is 6.97.